The normalized spacial score (nSPS) is 23.3. The van der Waals surface area contributed by atoms with Crippen LogP contribution in [0.25, 0.3) is 10.9 Å². The van der Waals surface area contributed by atoms with Gasteiger partial charge in [-0.05, 0) is 42.4 Å². The molecule has 1 aromatic carbocycles. The van der Waals surface area contributed by atoms with Crippen LogP contribution in [0.4, 0.5) is 0 Å². The van der Waals surface area contributed by atoms with E-state index in [-0.39, 0.29) is 6.61 Å². The highest BCUT2D eigenvalue weighted by atomic mass is 16.3. The summed E-state index contributed by atoms with van der Waals surface area (Å²) in [5.74, 6) is 0.827. The van der Waals surface area contributed by atoms with Crippen LogP contribution in [0, 0.1) is 17.2 Å². The van der Waals surface area contributed by atoms with Gasteiger partial charge in [0.15, 0.2) is 0 Å². The Kier molecular flexibility index (Phi) is 2.81. The number of aliphatic hydroxyl groups is 1. The summed E-state index contributed by atoms with van der Waals surface area (Å²) in [4.78, 5) is 3.11. The third-order valence-corrected chi connectivity index (χ3v) is 4.15. The number of benzene rings is 1. The quantitative estimate of drug-likeness (QED) is 0.847. The van der Waals surface area contributed by atoms with Gasteiger partial charge in [0.1, 0.15) is 6.07 Å². The number of rotatable bonds is 2. The second kappa shape index (κ2) is 4.47. The highest BCUT2D eigenvalue weighted by Gasteiger charge is 2.28. The van der Waals surface area contributed by atoms with Crippen LogP contribution in [0.15, 0.2) is 24.4 Å². The first kappa shape index (κ1) is 11.3. The van der Waals surface area contributed by atoms with Gasteiger partial charge in [-0.15, -0.1) is 0 Å². The number of nitrogens with one attached hydrogen (secondary N) is 1. The smallest absolute Gasteiger partial charge is 0.101 e. The predicted octanol–water partition coefficient (Wildman–Crippen LogP) is 2.92. The Morgan fingerprint density at radius 3 is 3.06 bits per heavy atom. The summed E-state index contributed by atoms with van der Waals surface area (Å²) in [7, 11) is 0. The van der Waals surface area contributed by atoms with Crippen LogP contribution in [-0.4, -0.2) is 16.7 Å². The monoisotopic (exact) mass is 240 g/mol. The summed E-state index contributed by atoms with van der Waals surface area (Å²) in [6.45, 7) is 0.265. The van der Waals surface area contributed by atoms with E-state index in [0.717, 1.165) is 23.7 Å². The number of aromatic nitrogens is 1. The lowest BCUT2D eigenvalue weighted by molar-refractivity contribution is 0.217. The van der Waals surface area contributed by atoms with E-state index in [2.05, 4.69) is 23.2 Å². The zero-order valence-electron chi connectivity index (χ0n) is 10.2. The van der Waals surface area contributed by atoms with E-state index in [1.54, 1.807) is 6.20 Å². The highest BCUT2D eigenvalue weighted by molar-refractivity contribution is 5.86. The molecule has 92 valence electrons. The van der Waals surface area contributed by atoms with Crippen LogP contribution >= 0.6 is 0 Å². The van der Waals surface area contributed by atoms with E-state index in [0.29, 0.717) is 17.4 Å². The molecule has 0 radical (unpaired) electrons. The van der Waals surface area contributed by atoms with Crippen LogP contribution in [0.1, 0.15) is 36.3 Å². The van der Waals surface area contributed by atoms with Crippen molar-refractivity contribution in [3.05, 3.63) is 35.5 Å². The van der Waals surface area contributed by atoms with E-state index >= 15 is 0 Å². The average Bonchev–Trinajstić information content (AvgIpc) is 3.03. The van der Waals surface area contributed by atoms with Crippen molar-refractivity contribution in [1.29, 1.82) is 5.26 Å². The lowest BCUT2D eigenvalue weighted by atomic mass is 9.88. The largest absolute Gasteiger partial charge is 0.396 e. The number of nitrogens with zero attached hydrogens (tertiary/aromatic N) is 1. The predicted molar refractivity (Wildman–Crippen MR) is 70.2 cm³/mol. The van der Waals surface area contributed by atoms with Crippen molar-refractivity contribution in [3.63, 3.8) is 0 Å². The molecule has 2 N–H and O–H groups in total. The molecule has 1 aliphatic rings. The lowest BCUT2D eigenvalue weighted by Crippen LogP contribution is -2.10. The number of fused-ring (bicyclic) bond motifs is 1. The molecule has 2 atom stereocenters. The summed E-state index contributed by atoms with van der Waals surface area (Å²) in [5, 5.41) is 19.5. The van der Waals surface area contributed by atoms with Crippen molar-refractivity contribution >= 4 is 10.9 Å². The second-order valence-electron chi connectivity index (χ2n) is 5.10. The molecule has 0 amide bonds. The topological polar surface area (TPSA) is 59.8 Å². The summed E-state index contributed by atoms with van der Waals surface area (Å²) >= 11 is 0. The van der Waals surface area contributed by atoms with Gasteiger partial charge in [-0.3, -0.25) is 0 Å². The van der Waals surface area contributed by atoms with E-state index in [9.17, 15) is 5.11 Å². The molecule has 0 bridgehead atoms. The zero-order chi connectivity index (χ0) is 12.5. The molecule has 0 aliphatic heterocycles. The van der Waals surface area contributed by atoms with Crippen LogP contribution in [-0.2, 0) is 0 Å². The molecule has 1 heterocycles. The minimum absolute atomic E-state index is 0.265. The minimum Gasteiger partial charge on any atom is -0.396 e. The summed E-state index contributed by atoms with van der Waals surface area (Å²) < 4.78 is 0. The molecular formula is C15H16N2O. The number of aliphatic hydroxyl groups excluding tert-OH is 1. The molecule has 1 saturated carbocycles. The first-order valence-electron chi connectivity index (χ1n) is 6.45. The fourth-order valence-electron chi connectivity index (χ4n) is 3.16. The molecule has 1 fully saturated rings. The number of hydrogen-bond acceptors (Lipinski definition) is 2. The standard InChI is InChI=1S/C15H16N2O/c16-7-12-8-17-15-5-4-10(6-14(12)15)13-3-1-2-11(13)9-18/h4-6,8,11,13,17-18H,1-3,9H2. The van der Waals surface area contributed by atoms with Gasteiger partial charge >= 0.3 is 0 Å². The van der Waals surface area contributed by atoms with Gasteiger partial charge in [-0.25, -0.2) is 0 Å². The second-order valence-corrected chi connectivity index (χ2v) is 5.10. The maximum atomic E-state index is 9.41. The fraction of sp³-hybridized carbons (Fsp3) is 0.400. The number of aromatic amines is 1. The number of hydrogen-bond donors (Lipinski definition) is 2. The van der Waals surface area contributed by atoms with E-state index in [1.807, 2.05) is 6.07 Å². The van der Waals surface area contributed by atoms with Gasteiger partial charge in [-0.1, -0.05) is 12.5 Å². The minimum atomic E-state index is 0.265. The Bertz CT molecular complexity index is 608. The maximum absolute atomic E-state index is 9.41. The van der Waals surface area contributed by atoms with Crippen LogP contribution < -0.4 is 0 Å². The molecule has 18 heavy (non-hydrogen) atoms. The lowest BCUT2D eigenvalue weighted by Gasteiger charge is -2.17. The van der Waals surface area contributed by atoms with Gasteiger partial charge in [-0.2, -0.15) is 5.26 Å². The van der Waals surface area contributed by atoms with E-state index in [1.165, 1.54) is 12.0 Å². The molecular weight excluding hydrogens is 224 g/mol. The van der Waals surface area contributed by atoms with Gasteiger partial charge in [0.05, 0.1) is 5.56 Å². The van der Waals surface area contributed by atoms with Crippen LogP contribution in [0.5, 0.6) is 0 Å². The number of H-pyrrole nitrogens is 1. The SMILES string of the molecule is N#Cc1c[nH]c2ccc(C3CCCC3CO)cc12. The Morgan fingerprint density at radius 2 is 2.28 bits per heavy atom. The van der Waals surface area contributed by atoms with Gasteiger partial charge in [0.2, 0.25) is 0 Å². The Labute approximate surface area is 106 Å². The molecule has 3 rings (SSSR count). The third-order valence-electron chi connectivity index (χ3n) is 4.15. The first-order valence-corrected chi connectivity index (χ1v) is 6.45. The van der Waals surface area contributed by atoms with Crippen molar-refractivity contribution in [1.82, 2.24) is 4.98 Å². The summed E-state index contributed by atoms with van der Waals surface area (Å²) in [5.41, 5.74) is 2.97. The van der Waals surface area contributed by atoms with Crippen LogP contribution in [0.2, 0.25) is 0 Å². The molecule has 3 nitrogen and oxygen atoms in total. The molecule has 2 unspecified atom stereocenters. The van der Waals surface area contributed by atoms with E-state index in [4.69, 9.17) is 5.26 Å². The Morgan fingerprint density at radius 1 is 1.39 bits per heavy atom. The van der Waals surface area contributed by atoms with Gasteiger partial charge in [0.25, 0.3) is 0 Å². The molecule has 0 spiro atoms. The summed E-state index contributed by atoms with van der Waals surface area (Å²) in [6.07, 6.45) is 5.19. The first-order chi connectivity index (χ1) is 8.83. The molecule has 3 heteroatoms. The zero-order valence-corrected chi connectivity index (χ0v) is 10.2. The molecule has 1 aliphatic carbocycles. The van der Waals surface area contributed by atoms with Crippen molar-refractivity contribution in [3.8, 4) is 6.07 Å². The fourth-order valence-corrected chi connectivity index (χ4v) is 3.16. The van der Waals surface area contributed by atoms with Crippen molar-refractivity contribution < 1.29 is 5.11 Å². The van der Waals surface area contributed by atoms with Crippen molar-refractivity contribution in [2.75, 3.05) is 6.61 Å². The Hall–Kier alpha value is -1.79. The highest BCUT2D eigenvalue weighted by Crippen LogP contribution is 2.40. The Balaban J connectivity index is 2.05. The van der Waals surface area contributed by atoms with Crippen molar-refractivity contribution in [2.24, 2.45) is 5.92 Å². The molecule has 1 aromatic heterocycles. The third kappa shape index (κ3) is 1.70. The van der Waals surface area contributed by atoms with E-state index < -0.39 is 0 Å². The van der Waals surface area contributed by atoms with Crippen molar-refractivity contribution in [2.45, 2.75) is 25.2 Å². The number of nitriles is 1. The average molecular weight is 240 g/mol. The summed E-state index contributed by atoms with van der Waals surface area (Å²) in [6, 6.07) is 8.49. The molecule has 0 saturated heterocycles. The molecule has 2 aromatic rings. The van der Waals surface area contributed by atoms with Crippen LogP contribution in [0.3, 0.4) is 0 Å². The van der Waals surface area contributed by atoms with Gasteiger partial charge in [0, 0.05) is 23.7 Å². The van der Waals surface area contributed by atoms with Gasteiger partial charge < -0.3 is 10.1 Å². The maximum Gasteiger partial charge on any atom is 0.101 e.